The normalized spacial score (nSPS) is 23.9. The van der Waals surface area contributed by atoms with E-state index in [0.717, 1.165) is 68.6 Å². The van der Waals surface area contributed by atoms with Crippen LogP contribution < -0.4 is 10.6 Å². The first-order valence-corrected chi connectivity index (χ1v) is 11.4. The van der Waals surface area contributed by atoms with Crippen LogP contribution >= 0.6 is 24.0 Å². The minimum Gasteiger partial charge on any atom is -0.357 e. The van der Waals surface area contributed by atoms with Crippen molar-refractivity contribution in [3.8, 4) is 0 Å². The number of guanidine groups is 1. The highest BCUT2D eigenvalue weighted by atomic mass is 127. The van der Waals surface area contributed by atoms with Gasteiger partial charge in [-0.25, -0.2) is 4.99 Å². The molecule has 2 heterocycles. The summed E-state index contributed by atoms with van der Waals surface area (Å²) in [6.07, 6.45) is 7.70. The summed E-state index contributed by atoms with van der Waals surface area (Å²) in [7, 11) is -0.704. The summed E-state index contributed by atoms with van der Waals surface area (Å²) in [4.78, 5) is 4.74. The molecule has 0 radical (unpaired) electrons. The second-order valence-electron chi connectivity index (χ2n) is 7.14. The lowest BCUT2D eigenvalue weighted by Crippen LogP contribution is -2.46. The average molecular weight is 508 g/mol. The Kier molecular flexibility index (Phi) is 9.47. The summed E-state index contributed by atoms with van der Waals surface area (Å²) in [6, 6.07) is 0.342. The molecule has 1 aliphatic carbocycles. The standard InChI is InChI=1S/C18H32N6OS.HI/c1-3-19-18(21-14-8-7-9-15(12-14)26(25)4-2)20-13-17-23-22-16-10-5-6-11-24(16)17;/h14-15H,3-13H2,1-2H3,(H2,19,20,21);1H. The van der Waals surface area contributed by atoms with Gasteiger partial charge >= 0.3 is 0 Å². The number of aliphatic imine (C=N–C) groups is 1. The number of aromatic nitrogens is 3. The van der Waals surface area contributed by atoms with E-state index in [2.05, 4.69) is 32.3 Å². The van der Waals surface area contributed by atoms with Crippen LogP contribution in [-0.4, -0.2) is 48.5 Å². The minimum absolute atomic E-state index is 0. The van der Waals surface area contributed by atoms with Gasteiger partial charge in [-0.1, -0.05) is 13.3 Å². The van der Waals surface area contributed by atoms with E-state index in [4.69, 9.17) is 4.99 Å². The predicted octanol–water partition coefficient (Wildman–Crippen LogP) is 2.37. The van der Waals surface area contributed by atoms with E-state index in [0.29, 0.717) is 17.8 Å². The van der Waals surface area contributed by atoms with Gasteiger partial charge < -0.3 is 15.2 Å². The second kappa shape index (κ2) is 11.3. The fourth-order valence-corrected chi connectivity index (χ4v) is 5.25. The van der Waals surface area contributed by atoms with Gasteiger partial charge in [0.05, 0.1) is 0 Å². The van der Waals surface area contributed by atoms with Crippen LogP contribution in [0, 0.1) is 0 Å². The SMILES string of the molecule is CCNC(=NCc1nnc2n1CCCC2)NC1CCCC(S(=O)CC)C1.I. The number of halogens is 1. The molecule has 3 atom stereocenters. The van der Waals surface area contributed by atoms with Crippen molar-refractivity contribution in [3.05, 3.63) is 11.6 Å². The van der Waals surface area contributed by atoms with Crippen LogP contribution in [0.5, 0.6) is 0 Å². The number of hydrogen-bond acceptors (Lipinski definition) is 4. The maximum Gasteiger partial charge on any atom is 0.191 e. The Balaban J connectivity index is 0.00000261. The van der Waals surface area contributed by atoms with Gasteiger partial charge in [-0.3, -0.25) is 4.21 Å². The molecule has 0 bridgehead atoms. The number of nitrogens with one attached hydrogen (secondary N) is 2. The first kappa shape index (κ1) is 22.6. The Morgan fingerprint density at radius 3 is 2.89 bits per heavy atom. The van der Waals surface area contributed by atoms with Crippen LogP contribution in [0.15, 0.2) is 4.99 Å². The molecule has 9 heteroatoms. The summed E-state index contributed by atoms with van der Waals surface area (Å²) in [6.45, 7) is 6.45. The summed E-state index contributed by atoms with van der Waals surface area (Å²) >= 11 is 0. The van der Waals surface area contributed by atoms with Crippen molar-refractivity contribution >= 4 is 40.7 Å². The van der Waals surface area contributed by atoms with Crippen molar-refractivity contribution in [2.45, 2.75) is 83.2 Å². The average Bonchev–Trinajstić information content (AvgIpc) is 3.09. The third kappa shape index (κ3) is 6.13. The third-order valence-electron chi connectivity index (χ3n) is 5.28. The van der Waals surface area contributed by atoms with E-state index in [9.17, 15) is 4.21 Å². The molecule has 27 heavy (non-hydrogen) atoms. The lowest BCUT2D eigenvalue weighted by Gasteiger charge is -2.30. The number of aryl methyl sites for hydroxylation is 1. The number of nitrogens with zero attached hydrogens (tertiary/aromatic N) is 4. The van der Waals surface area contributed by atoms with E-state index in [1.165, 1.54) is 12.8 Å². The molecule has 2 aliphatic rings. The number of rotatable bonds is 6. The maximum atomic E-state index is 12.2. The van der Waals surface area contributed by atoms with Crippen LogP contribution in [0.4, 0.5) is 0 Å². The Labute approximate surface area is 182 Å². The fraction of sp³-hybridized carbons (Fsp3) is 0.833. The van der Waals surface area contributed by atoms with Crippen molar-refractivity contribution in [1.82, 2.24) is 25.4 Å². The Bertz CT molecular complexity index is 650. The van der Waals surface area contributed by atoms with E-state index < -0.39 is 10.8 Å². The first-order valence-electron chi connectivity index (χ1n) is 10.0. The molecule has 0 aromatic carbocycles. The molecule has 154 valence electrons. The highest BCUT2D eigenvalue weighted by molar-refractivity contribution is 14.0. The van der Waals surface area contributed by atoms with Gasteiger partial charge in [0, 0.05) is 47.4 Å². The van der Waals surface area contributed by atoms with Gasteiger partial charge in [0.2, 0.25) is 0 Å². The molecule has 1 aromatic heterocycles. The molecular formula is C18H33IN6OS. The van der Waals surface area contributed by atoms with Crippen LogP contribution in [0.25, 0.3) is 0 Å². The van der Waals surface area contributed by atoms with Gasteiger partial charge in [-0.05, 0) is 39.0 Å². The van der Waals surface area contributed by atoms with Crippen molar-refractivity contribution < 1.29 is 4.21 Å². The summed E-state index contributed by atoms with van der Waals surface area (Å²) < 4.78 is 14.4. The van der Waals surface area contributed by atoms with E-state index >= 15 is 0 Å². The third-order valence-corrected chi connectivity index (χ3v) is 7.02. The Morgan fingerprint density at radius 2 is 2.11 bits per heavy atom. The van der Waals surface area contributed by atoms with Crippen molar-refractivity contribution in [2.75, 3.05) is 12.3 Å². The second-order valence-corrected chi connectivity index (χ2v) is 9.14. The first-order chi connectivity index (χ1) is 12.7. The molecule has 1 aromatic rings. The lowest BCUT2D eigenvalue weighted by molar-refractivity contribution is 0.413. The molecule has 3 rings (SSSR count). The lowest BCUT2D eigenvalue weighted by atomic mass is 9.95. The van der Waals surface area contributed by atoms with Crippen LogP contribution in [-0.2, 0) is 30.3 Å². The monoisotopic (exact) mass is 508 g/mol. The zero-order chi connectivity index (χ0) is 18.4. The molecule has 0 saturated heterocycles. The predicted molar refractivity (Wildman–Crippen MR) is 121 cm³/mol. The minimum atomic E-state index is -0.704. The van der Waals surface area contributed by atoms with Gasteiger partial charge in [0.25, 0.3) is 0 Å². The van der Waals surface area contributed by atoms with Crippen molar-refractivity contribution in [1.29, 1.82) is 0 Å². The molecule has 1 saturated carbocycles. The zero-order valence-corrected chi connectivity index (χ0v) is 19.6. The van der Waals surface area contributed by atoms with E-state index in [1.807, 2.05) is 6.92 Å². The molecule has 1 fully saturated rings. The highest BCUT2D eigenvalue weighted by Gasteiger charge is 2.26. The quantitative estimate of drug-likeness (QED) is 0.350. The van der Waals surface area contributed by atoms with Gasteiger partial charge in [-0.2, -0.15) is 0 Å². The summed E-state index contributed by atoms with van der Waals surface area (Å²) in [5.74, 6) is 3.62. The molecule has 3 unspecified atom stereocenters. The number of hydrogen-bond donors (Lipinski definition) is 2. The van der Waals surface area contributed by atoms with Crippen LogP contribution in [0.2, 0.25) is 0 Å². The molecule has 2 N–H and O–H groups in total. The van der Waals surface area contributed by atoms with Gasteiger partial charge in [0.1, 0.15) is 12.4 Å². The molecule has 1 aliphatic heterocycles. The largest absolute Gasteiger partial charge is 0.357 e. The summed E-state index contributed by atoms with van der Waals surface area (Å²) in [5, 5.41) is 15.8. The summed E-state index contributed by atoms with van der Waals surface area (Å²) in [5.41, 5.74) is 0. The maximum absolute atomic E-state index is 12.2. The topological polar surface area (TPSA) is 84.2 Å². The molecule has 7 nitrogen and oxygen atoms in total. The van der Waals surface area contributed by atoms with Crippen LogP contribution in [0.3, 0.4) is 0 Å². The fourth-order valence-electron chi connectivity index (χ4n) is 3.90. The van der Waals surface area contributed by atoms with Gasteiger partial charge in [0.15, 0.2) is 11.8 Å². The molecular weight excluding hydrogens is 475 g/mol. The Hall–Kier alpha value is -0.710. The number of fused-ring (bicyclic) bond motifs is 1. The van der Waals surface area contributed by atoms with E-state index in [-0.39, 0.29) is 24.0 Å². The Morgan fingerprint density at radius 1 is 1.26 bits per heavy atom. The zero-order valence-electron chi connectivity index (χ0n) is 16.4. The highest BCUT2D eigenvalue weighted by Crippen LogP contribution is 2.23. The van der Waals surface area contributed by atoms with Crippen molar-refractivity contribution in [2.24, 2.45) is 4.99 Å². The smallest absolute Gasteiger partial charge is 0.191 e. The van der Waals surface area contributed by atoms with Crippen LogP contribution in [0.1, 0.15) is 64.0 Å². The molecule has 0 spiro atoms. The van der Waals surface area contributed by atoms with Gasteiger partial charge in [-0.15, -0.1) is 34.2 Å². The molecule has 0 amide bonds. The van der Waals surface area contributed by atoms with Crippen molar-refractivity contribution in [3.63, 3.8) is 0 Å². The van der Waals surface area contributed by atoms with E-state index in [1.54, 1.807) is 0 Å².